The number of hydrogen-bond donors (Lipinski definition) is 2. The summed E-state index contributed by atoms with van der Waals surface area (Å²) in [6, 6.07) is 0.206. The first kappa shape index (κ1) is 31.8. The number of nitrogens with one attached hydrogen (secondary N) is 2. The zero-order chi connectivity index (χ0) is 30.0. The molecule has 0 bridgehead atoms. The van der Waals surface area contributed by atoms with Gasteiger partial charge in [-0.15, -0.1) is 0 Å². The van der Waals surface area contributed by atoms with Gasteiger partial charge in [-0.3, -0.25) is 24.3 Å². The Bertz CT molecular complexity index is 988. The molecule has 0 radical (unpaired) electrons. The van der Waals surface area contributed by atoms with E-state index in [0.717, 1.165) is 136 Å². The van der Waals surface area contributed by atoms with E-state index < -0.39 is 11.3 Å². The molecule has 2 N–H and O–H groups in total. The van der Waals surface area contributed by atoms with Gasteiger partial charge in [0, 0.05) is 89.9 Å². The van der Waals surface area contributed by atoms with Gasteiger partial charge < -0.3 is 15.4 Å². The second-order valence-corrected chi connectivity index (χ2v) is 15.5. The molecule has 10 nitrogen and oxygen atoms in total. The minimum absolute atomic E-state index is 0.0747. The van der Waals surface area contributed by atoms with E-state index in [1.165, 1.54) is 32.1 Å². The maximum atomic E-state index is 15.6. The van der Waals surface area contributed by atoms with Gasteiger partial charge >= 0.3 is 5.91 Å². The van der Waals surface area contributed by atoms with E-state index in [1.807, 2.05) is 11.8 Å². The van der Waals surface area contributed by atoms with E-state index in [4.69, 9.17) is 4.74 Å². The van der Waals surface area contributed by atoms with Crippen molar-refractivity contribution in [3.05, 3.63) is 0 Å². The minimum atomic E-state index is -0.934. The lowest BCUT2D eigenvalue weighted by Gasteiger charge is -2.65. The molecule has 7 aliphatic heterocycles. The zero-order valence-electron chi connectivity index (χ0n) is 27.0. The van der Waals surface area contributed by atoms with Crippen molar-refractivity contribution in [2.24, 2.45) is 0 Å². The normalized spacial score (nSPS) is 39.9. The SMILES string of the molecule is O=C1C(=O)C(C2CCCCCS2)(N2CCNCC2)C(N2CCCCC2)(N2CCCC2C2CCCCCO2)N1N1CCNCC1. The molecule has 7 saturated heterocycles. The van der Waals surface area contributed by atoms with Gasteiger partial charge in [-0.1, -0.05) is 32.1 Å². The van der Waals surface area contributed by atoms with Gasteiger partial charge in [0.1, 0.15) is 0 Å². The number of piperazine rings is 2. The maximum absolute atomic E-state index is 15.6. The highest BCUT2D eigenvalue weighted by molar-refractivity contribution is 8.00. The number of thioether (sulfide) groups is 1. The van der Waals surface area contributed by atoms with Crippen molar-refractivity contribution in [2.45, 2.75) is 112 Å². The van der Waals surface area contributed by atoms with Crippen LogP contribution >= 0.6 is 11.8 Å². The van der Waals surface area contributed by atoms with Crippen LogP contribution in [-0.2, 0) is 14.3 Å². The van der Waals surface area contributed by atoms with Crippen LogP contribution < -0.4 is 10.6 Å². The summed E-state index contributed by atoms with van der Waals surface area (Å²) in [5, 5.41) is 11.6. The predicted molar refractivity (Wildman–Crippen MR) is 174 cm³/mol. The number of ketones is 1. The molecule has 5 atom stereocenters. The second-order valence-electron chi connectivity index (χ2n) is 14.2. The molecule has 7 heterocycles. The van der Waals surface area contributed by atoms with Crippen molar-refractivity contribution in [3.8, 4) is 0 Å². The Morgan fingerprint density at radius 1 is 0.682 bits per heavy atom. The molecule has 11 heteroatoms. The molecule has 1 amide bonds. The molecular weight excluding hydrogens is 574 g/mol. The lowest BCUT2D eigenvalue weighted by Crippen LogP contribution is -2.87. The number of carbonyl (C=O) groups is 2. The van der Waals surface area contributed by atoms with Crippen LogP contribution in [0, 0.1) is 0 Å². The topological polar surface area (TPSA) is 83.6 Å². The van der Waals surface area contributed by atoms with Crippen LogP contribution in [0.5, 0.6) is 0 Å². The van der Waals surface area contributed by atoms with E-state index in [1.54, 1.807) is 0 Å². The van der Waals surface area contributed by atoms with Gasteiger partial charge in [-0.05, 0) is 57.1 Å². The van der Waals surface area contributed by atoms with Crippen molar-refractivity contribution in [1.29, 1.82) is 0 Å². The summed E-state index contributed by atoms with van der Waals surface area (Å²) >= 11 is 2.02. The van der Waals surface area contributed by atoms with Gasteiger partial charge in [0.2, 0.25) is 5.78 Å². The largest absolute Gasteiger partial charge is 0.377 e. The Balaban J connectivity index is 1.48. The minimum Gasteiger partial charge on any atom is -0.377 e. The Hall–Kier alpha value is -0.790. The molecule has 0 aromatic carbocycles. The molecule has 0 spiro atoms. The van der Waals surface area contributed by atoms with Crippen LogP contribution in [0.1, 0.15) is 83.5 Å². The van der Waals surface area contributed by atoms with E-state index in [0.29, 0.717) is 0 Å². The summed E-state index contributed by atoms with van der Waals surface area (Å²) in [5.74, 6) is -0.169. The van der Waals surface area contributed by atoms with Crippen molar-refractivity contribution in [2.75, 3.05) is 84.4 Å². The standard InChI is InChI=1S/C33H57N7O3S/c41-30-31(42)40(38-23-16-35-17-24-38)33(37-18-6-3-7-19-37,39-20-10-11-27(39)28-12-4-1-8-25-43-28)32(30,36-21-14-34-15-22-36)29-13-5-2-9-26-44-29/h27-29,34-35H,1-26H2. The summed E-state index contributed by atoms with van der Waals surface area (Å²) in [6.07, 6.45) is 14.9. The molecule has 0 aromatic rings. The fraction of sp³-hybridized carbons (Fsp3) is 0.939. The highest BCUT2D eigenvalue weighted by Gasteiger charge is 2.80. The monoisotopic (exact) mass is 631 g/mol. The van der Waals surface area contributed by atoms with Gasteiger partial charge in [0.15, 0.2) is 11.3 Å². The first-order chi connectivity index (χ1) is 21.7. The van der Waals surface area contributed by atoms with Crippen LogP contribution in [0.2, 0.25) is 0 Å². The molecule has 7 aliphatic rings. The predicted octanol–water partition coefficient (Wildman–Crippen LogP) is 2.10. The van der Waals surface area contributed by atoms with E-state index >= 15 is 9.59 Å². The molecule has 0 aliphatic carbocycles. The summed E-state index contributed by atoms with van der Waals surface area (Å²) in [7, 11) is 0. The third kappa shape index (κ3) is 5.29. The van der Waals surface area contributed by atoms with Crippen LogP contribution in [-0.4, -0.2) is 149 Å². The molecule has 0 saturated carbocycles. The average Bonchev–Trinajstić information content (AvgIpc) is 3.34. The Labute approximate surface area is 269 Å². The number of rotatable bonds is 6. The molecule has 7 rings (SSSR count). The highest BCUT2D eigenvalue weighted by Crippen LogP contribution is 2.56. The zero-order valence-corrected chi connectivity index (χ0v) is 27.8. The Morgan fingerprint density at radius 3 is 2.18 bits per heavy atom. The van der Waals surface area contributed by atoms with E-state index in [-0.39, 0.29) is 29.1 Å². The summed E-state index contributed by atoms with van der Waals surface area (Å²) in [4.78, 5) is 38.6. The van der Waals surface area contributed by atoms with Gasteiger partial charge in [0.05, 0.1) is 6.10 Å². The third-order valence-corrected chi connectivity index (χ3v) is 13.3. The molecule has 5 unspecified atom stereocenters. The number of nitrogens with zero attached hydrogens (tertiary/aromatic N) is 5. The highest BCUT2D eigenvalue weighted by atomic mass is 32.2. The first-order valence-corrected chi connectivity index (χ1v) is 19.3. The van der Waals surface area contributed by atoms with Gasteiger partial charge in [-0.2, -0.15) is 11.8 Å². The quantitative estimate of drug-likeness (QED) is 0.426. The van der Waals surface area contributed by atoms with E-state index in [2.05, 4.69) is 35.4 Å². The Morgan fingerprint density at radius 2 is 1.39 bits per heavy atom. The fourth-order valence-electron chi connectivity index (χ4n) is 9.99. The fourth-order valence-corrected chi connectivity index (χ4v) is 11.6. The van der Waals surface area contributed by atoms with Crippen molar-refractivity contribution in [1.82, 2.24) is 35.4 Å². The number of hydrazine groups is 1. The number of ether oxygens (including phenoxy) is 1. The van der Waals surface area contributed by atoms with Crippen molar-refractivity contribution < 1.29 is 14.3 Å². The molecule has 0 aromatic heterocycles. The van der Waals surface area contributed by atoms with Gasteiger partial charge in [-0.25, -0.2) is 10.0 Å². The van der Waals surface area contributed by atoms with Crippen LogP contribution in [0.15, 0.2) is 0 Å². The smallest absolute Gasteiger partial charge is 0.309 e. The van der Waals surface area contributed by atoms with Gasteiger partial charge in [0.25, 0.3) is 0 Å². The lowest BCUT2D eigenvalue weighted by atomic mass is 9.77. The number of likely N-dealkylation sites (tertiary alicyclic amines) is 2. The Kier molecular flexibility index (Phi) is 10.2. The number of piperidine rings is 1. The van der Waals surface area contributed by atoms with Crippen molar-refractivity contribution >= 4 is 23.5 Å². The molecule has 44 heavy (non-hydrogen) atoms. The lowest BCUT2D eigenvalue weighted by molar-refractivity contribution is -0.279. The second kappa shape index (κ2) is 14.1. The molecular formula is C33H57N7O3S. The number of Topliss-reactive ketones (excluding diaryl/α,β-unsaturated/α-hetero) is 1. The van der Waals surface area contributed by atoms with Crippen molar-refractivity contribution in [3.63, 3.8) is 0 Å². The van der Waals surface area contributed by atoms with Crippen LogP contribution in [0.4, 0.5) is 0 Å². The van der Waals surface area contributed by atoms with Crippen LogP contribution in [0.25, 0.3) is 0 Å². The molecule has 7 fully saturated rings. The average molecular weight is 632 g/mol. The third-order valence-electron chi connectivity index (χ3n) is 11.8. The molecule has 248 valence electrons. The summed E-state index contributed by atoms with van der Waals surface area (Å²) in [6.45, 7) is 10.1. The number of amides is 1. The number of hydrogen-bond acceptors (Lipinski definition) is 10. The number of carbonyl (C=O) groups excluding carboxylic acids is 2. The summed E-state index contributed by atoms with van der Waals surface area (Å²) in [5.41, 5.74) is -0.934. The van der Waals surface area contributed by atoms with E-state index in [9.17, 15) is 0 Å². The van der Waals surface area contributed by atoms with Crippen LogP contribution in [0.3, 0.4) is 0 Å². The summed E-state index contributed by atoms with van der Waals surface area (Å²) < 4.78 is 6.72. The first-order valence-electron chi connectivity index (χ1n) is 18.3. The maximum Gasteiger partial charge on any atom is 0.309 e.